The number of aryl methyl sites for hydroxylation is 1. The molecule has 0 N–H and O–H groups in total. The Balaban J connectivity index is 1.45. The molecule has 1 aliphatic heterocycles. The van der Waals surface area contributed by atoms with Crippen molar-refractivity contribution in [3.63, 3.8) is 0 Å². The molecule has 0 bridgehead atoms. The maximum Gasteiger partial charge on any atom is 0.260 e. The summed E-state index contributed by atoms with van der Waals surface area (Å²) in [7, 11) is 0. The minimum absolute atomic E-state index is 0.0904. The van der Waals surface area contributed by atoms with Crippen LogP contribution in [0.1, 0.15) is 22.3 Å². The number of amides is 1. The Kier molecular flexibility index (Phi) is 6.50. The molecular formula is C24H24ClN5O2S. The predicted octanol–water partition coefficient (Wildman–Crippen LogP) is 4.57. The largest absolute Gasteiger partial charge is 0.379 e. The van der Waals surface area contributed by atoms with Gasteiger partial charge in [0, 0.05) is 49.2 Å². The quantitative estimate of drug-likeness (QED) is 0.401. The fourth-order valence-electron chi connectivity index (χ4n) is 4.02. The van der Waals surface area contributed by atoms with Gasteiger partial charge in [-0.2, -0.15) is 0 Å². The topological polar surface area (TPSA) is 71.5 Å². The Labute approximate surface area is 201 Å². The van der Waals surface area contributed by atoms with Crippen molar-refractivity contribution in [2.24, 2.45) is 0 Å². The second-order valence-electron chi connectivity index (χ2n) is 8.04. The average molecular weight is 482 g/mol. The van der Waals surface area contributed by atoms with Crippen LogP contribution in [0.3, 0.4) is 0 Å². The number of hydrogen-bond acceptors (Lipinski definition) is 7. The smallest absolute Gasteiger partial charge is 0.260 e. The second-order valence-corrected chi connectivity index (χ2v) is 9.46. The third-order valence-corrected chi connectivity index (χ3v) is 7.34. The fraction of sp³-hybridized carbons (Fsp3) is 0.333. The molecule has 0 radical (unpaired) electrons. The minimum atomic E-state index is -0.0904. The Morgan fingerprint density at radius 3 is 2.76 bits per heavy atom. The molecule has 0 unspecified atom stereocenters. The average Bonchev–Trinajstić information content (AvgIpc) is 3.29. The van der Waals surface area contributed by atoms with Crippen molar-refractivity contribution in [3.8, 4) is 0 Å². The van der Waals surface area contributed by atoms with E-state index >= 15 is 0 Å². The van der Waals surface area contributed by atoms with E-state index < -0.39 is 0 Å². The van der Waals surface area contributed by atoms with Crippen LogP contribution in [0.15, 0.2) is 42.7 Å². The van der Waals surface area contributed by atoms with E-state index in [1.54, 1.807) is 23.4 Å². The number of nitrogens with zero attached hydrogens (tertiary/aromatic N) is 5. The first-order valence-corrected chi connectivity index (χ1v) is 12.2. The maximum absolute atomic E-state index is 13.7. The molecule has 3 heterocycles. The molecule has 1 saturated heterocycles. The van der Waals surface area contributed by atoms with Gasteiger partial charge in [0.1, 0.15) is 0 Å². The summed E-state index contributed by atoms with van der Waals surface area (Å²) in [6.45, 7) is 6.82. The van der Waals surface area contributed by atoms with Gasteiger partial charge in [-0.25, -0.2) is 4.98 Å². The number of ether oxygens (including phenoxy) is 1. The number of anilines is 1. The molecule has 0 spiro atoms. The first-order chi connectivity index (χ1) is 16.1. The number of carbonyl (C=O) groups excluding carboxylic acids is 1. The third kappa shape index (κ3) is 4.70. The molecule has 0 atom stereocenters. The predicted molar refractivity (Wildman–Crippen MR) is 132 cm³/mol. The molecule has 1 aliphatic rings. The molecule has 33 heavy (non-hydrogen) atoms. The number of fused-ring (bicyclic) bond motifs is 2. The zero-order chi connectivity index (χ0) is 22.8. The van der Waals surface area contributed by atoms with Gasteiger partial charge >= 0.3 is 0 Å². The summed E-state index contributed by atoms with van der Waals surface area (Å²) in [5.41, 5.74) is 3.81. The van der Waals surface area contributed by atoms with Crippen molar-refractivity contribution in [2.75, 3.05) is 44.3 Å². The number of morpholine rings is 1. The van der Waals surface area contributed by atoms with Crippen molar-refractivity contribution in [2.45, 2.75) is 13.3 Å². The standard InChI is InChI=1S/C24H24ClN5O2S/c1-16-18(25)4-6-21-22(16)28-24(33-21)30(10-2-9-29-11-13-32-14-12-29)23(31)17-3-5-19-20(15-17)27-8-7-26-19/h3-8,15H,2,9-14H2,1H3. The molecule has 5 rings (SSSR count). The highest BCUT2D eigenvalue weighted by atomic mass is 35.5. The molecule has 170 valence electrons. The van der Waals surface area contributed by atoms with Crippen LogP contribution in [0, 0.1) is 6.92 Å². The summed E-state index contributed by atoms with van der Waals surface area (Å²) >= 11 is 7.83. The summed E-state index contributed by atoms with van der Waals surface area (Å²) in [4.78, 5) is 31.3. The maximum atomic E-state index is 13.7. The van der Waals surface area contributed by atoms with Gasteiger partial charge in [0.25, 0.3) is 5.91 Å². The number of carbonyl (C=O) groups is 1. The lowest BCUT2D eigenvalue weighted by Crippen LogP contribution is -2.39. The van der Waals surface area contributed by atoms with Crippen molar-refractivity contribution in [1.29, 1.82) is 0 Å². The van der Waals surface area contributed by atoms with E-state index in [2.05, 4.69) is 14.9 Å². The minimum Gasteiger partial charge on any atom is -0.379 e. The van der Waals surface area contributed by atoms with Gasteiger partial charge in [0.15, 0.2) is 5.13 Å². The van der Waals surface area contributed by atoms with E-state index in [0.717, 1.165) is 60.6 Å². The molecule has 0 saturated carbocycles. The van der Waals surface area contributed by atoms with Crippen LogP contribution in [0.5, 0.6) is 0 Å². The van der Waals surface area contributed by atoms with Crippen LogP contribution >= 0.6 is 22.9 Å². The van der Waals surface area contributed by atoms with E-state index in [1.807, 2.05) is 31.2 Å². The lowest BCUT2D eigenvalue weighted by Gasteiger charge is -2.27. The van der Waals surface area contributed by atoms with Crippen molar-refractivity contribution < 1.29 is 9.53 Å². The Morgan fingerprint density at radius 2 is 1.94 bits per heavy atom. The first kappa shape index (κ1) is 22.2. The van der Waals surface area contributed by atoms with Crippen molar-refractivity contribution >= 4 is 55.2 Å². The highest BCUT2D eigenvalue weighted by Crippen LogP contribution is 2.34. The van der Waals surface area contributed by atoms with E-state index in [0.29, 0.717) is 27.8 Å². The van der Waals surface area contributed by atoms with Crippen molar-refractivity contribution in [1.82, 2.24) is 19.9 Å². The van der Waals surface area contributed by atoms with Crippen molar-refractivity contribution in [3.05, 3.63) is 58.9 Å². The summed E-state index contributed by atoms with van der Waals surface area (Å²) in [6.07, 6.45) is 4.13. The van der Waals surface area contributed by atoms with Crippen LogP contribution < -0.4 is 4.90 Å². The van der Waals surface area contributed by atoms with Crippen LogP contribution in [0.25, 0.3) is 21.3 Å². The summed E-state index contributed by atoms with van der Waals surface area (Å²) in [5.74, 6) is -0.0904. The number of benzene rings is 2. The molecule has 4 aromatic rings. The summed E-state index contributed by atoms with van der Waals surface area (Å²) in [5, 5.41) is 1.36. The Morgan fingerprint density at radius 1 is 1.15 bits per heavy atom. The van der Waals surface area contributed by atoms with Gasteiger partial charge in [-0.3, -0.25) is 24.6 Å². The highest BCUT2D eigenvalue weighted by Gasteiger charge is 2.23. The van der Waals surface area contributed by atoms with Crippen LogP contribution in [-0.2, 0) is 4.74 Å². The summed E-state index contributed by atoms with van der Waals surface area (Å²) in [6, 6.07) is 9.30. The van der Waals surface area contributed by atoms with Gasteiger partial charge in [-0.05, 0) is 49.2 Å². The van der Waals surface area contributed by atoms with E-state index in [9.17, 15) is 4.79 Å². The highest BCUT2D eigenvalue weighted by molar-refractivity contribution is 7.22. The van der Waals surface area contributed by atoms with E-state index in [-0.39, 0.29) is 5.91 Å². The van der Waals surface area contributed by atoms with E-state index in [4.69, 9.17) is 21.3 Å². The molecule has 2 aromatic heterocycles. The normalized spacial score (nSPS) is 14.7. The Hall–Kier alpha value is -2.65. The molecule has 7 nitrogen and oxygen atoms in total. The number of halogens is 1. The zero-order valence-electron chi connectivity index (χ0n) is 18.3. The monoisotopic (exact) mass is 481 g/mol. The van der Waals surface area contributed by atoms with Crippen LogP contribution in [-0.4, -0.2) is 65.2 Å². The number of rotatable bonds is 6. The fourth-order valence-corrected chi connectivity index (χ4v) is 5.22. The summed E-state index contributed by atoms with van der Waals surface area (Å²) < 4.78 is 6.46. The van der Waals surface area contributed by atoms with Gasteiger partial charge in [0.2, 0.25) is 0 Å². The van der Waals surface area contributed by atoms with Crippen LogP contribution in [0.2, 0.25) is 5.02 Å². The van der Waals surface area contributed by atoms with Gasteiger partial charge in [-0.1, -0.05) is 22.9 Å². The number of thiazole rings is 1. The molecule has 0 aliphatic carbocycles. The van der Waals surface area contributed by atoms with Gasteiger partial charge in [-0.15, -0.1) is 0 Å². The number of aromatic nitrogens is 3. The zero-order valence-corrected chi connectivity index (χ0v) is 19.9. The number of hydrogen-bond donors (Lipinski definition) is 0. The molecule has 9 heteroatoms. The molecule has 1 fully saturated rings. The van der Waals surface area contributed by atoms with Gasteiger partial charge < -0.3 is 4.74 Å². The second kappa shape index (κ2) is 9.69. The lowest BCUT2D eigenvalue weighted by atomic mass is 10.1. The lowest BCUT2D eigenvalue weighted by molar-refractivity contribution is 0.0376. The molecular weight excluding hydrogens is 458 g/mol. The third-order valence-electron chi connectivity index (χ3n) is 5.89. The Bertz CT molecular complexity index is 1300. The molecule has 2 aromatic carbocycles. The molecule has 1 amide bonds. The van der Waals surface area contributed by atoms with E-state index in [1.165, 1.54) is 11.3 Å². The van der Waals surface area contributed by atoms with Gasteiger partial charge in [0.05, 0.1) is 34.5 Å². The van der Waals surface area contributed by atoms with Crippen LogP contribution in [0.4, 0.5) is 5.13 Å². The first-order valence-electron chi connectivity index (χ1n) is 11.0. The SMILES string of the molecule is Cc1c(Cl)ccc2sc(N(CCCN3CCOCC3)C(=O)c3ccc4nccnc4c3)nc12.